The van der Waals surface area contributed by atoms with E-state index in [2.05, 4.69) is 22.0 Å². The molecule has 0 fully saturated rings. The van der Waals surface area contributed by atoms with Crippen molar-refractivity contribution in [1.82, 2.24) is 0 Å². The van der Waals surface area contributed by atoms with Crippen molar-refractivity contribution in [2.45, 2.75) is 13.3 Å². The van der Waals surface area contributed by atoms with Gasteiger partial charge in [0.2, 0.25) is 0 Å². The monoisotopic (exact) mass is 215 g/mol. The van der Waals surface area contributed by atoms with Gasteiger partial charge in [-0.1, -0.05) is 6.92 Å². The maximum atomic E-state index is 8.60. The number of halogens is 1. The van der Waals surface area contributed by atoms with Crippen LogP contribution in [0.4, 0.5) is 0 Å². The Labute approximate surface area is 72.4 Å². The number of hydrogen-bond donors (Lipinski definition) is 0. The average molecular weight is 216 g/mol. The molecular formula is C7H6BrNS. The van der Waals surface area contributed by atoms with E-state index in [0.29, 0.717) is 0 Å². The van der Waals surface area contributed by atoms with Crippen LogP contribution in [0, 0.1) is 11.3 Å². The lowest BCUT2D eigenvalue weighted by Crippen LogP contribution is -1.79. The van der Waals surface area contributed by atoms with Crippen LogP contribution in [0.15, 0.2) is 9.85 Å². The first-order valence-corrected chi connectivity index (χ1v) is 4.62. The van der Waals surface area contributed by atoms with E-state index in [-0.39, 0.29) is 0 Å². The molecule has 0 saturated carbocycles. The molecule has 0 N–H and O–H groups in total. The highest BCUT2D eigenvalue weighted by Crippen LogP contribution is 2.26. The van der Waals surface area contributed by atoms with Crippen molar-refractivity contribution in [2.24, 2.45) is 0 Å². The maximum Gasteiger partial charge on any atom is 0.110 e. The van der Waals surface area contributed by atoms with E-state index in [0.717, 1.165) is 21.3 Å². The molecule has 0 radical (unpaired) electrons. The fourth-order valence-corrected chi connectivity index (χ4v) is 2.49. The van der Waals surface area contributed by atoms with Crippen LogP contribution >= 0.6 is 27.3 Å². The largest absolute Gasteiger partial charge is 0.192 e. The molecule has 3 heteroatoms. The Morgan fingerprint density at radius 3 is 2.90 bits per heavy atom. The molecule has 0 spiro atoms. The highest BCUT2D eigenvalue weighted by molar-refractivity contribution is 9.10. The van der Waals surface area contributed by atoms with E-state index >= 15 is 0 Å². The van der Waals surface area contributed by atoms with E-state index < -0.39 is 0 Å². The van der Waals surface area contributed by atoms with Crippen molar-refractivity contribution < 1.29 is 0 Å². The van der Waals surface area contributed by atoms with Crippen LogP contribution in [0.3, 0.4) is 0 Å². The van der Waals surface area contributed by atoms with Crippen LogP contribution in [0.25, 0.3) is 0 Å². The lowest BCUT2D eigenvalue weighted by molar-refractivity contribution is 1.14. The fraction of sp³-hybridized carbons (Fsp3) is 0.286. The summed E-state index contributed by atoms with van der Waals surface area (Å²) in [6.45, 7) is 2.05. The van der Waals surface area contributed by atoms with Crippen LogP contribution in [-0.2, 0) is 6.42 Å². The normalized spacial score (nSPS) is 9.30. The zero-order valence-corrected chi connectivity index (χ0v) is 7.92. The number of thiophene rings is 1. The molecule has 0 unspecified atom stereocenters. The van der Waals surface area contributed by atoms with Crippen molar-refractivity contribution in [3.63, 3.8) is 0 Å². The predicted molar refractivity (Wildman–Crippen MR) is 46.1 cm³/mol. The minimum atomic E-state index is 0.828. The predicted octanol–water partition coefficient (Wildman–Crippen LogP) is 2.94. The van der Waals surface area contributed by atoms with Gasteiger partial charge in [-0.2, -0.15) is 5.26 Å². The first-order valence-electron chi connectivity index (χ1n) is 2.95. The zero-order chi connectivity index (χ0) is 7.56. The highest BCUT2D eigenvalue weighted by Gasteiger charge is 2.05. The molecule has 0 aromatic carbocycles. The second-order valence-corrected chi connectivity index (χ2v) is 3.59. The van der Waals surface area contributed by atoms with Gasteiger partial charge in [0.1, 0.15) is 10.9 Å². The van der Waals surface area contributed by atoms with Gasteiger partial charge in [-0.05, 0) is 27.9 Å². The molecule has 1 aromatic rings. The molecule has 0 aliphatic carbocycles. The number of hydrogen-bond acceptors (Lipinski definition) is 2. The molecule has 52 valence electrons. The van der Waals surface area contributed by atoms with Crippen molar-refractivity contribution >= 4 is 27.3 Å². The maximum absolute atomic E-state index is 8.60. The van der Waals surface area contributed by atoms with Crippen molar-refractivity contribution in [3.05, 3.63) is 20.3 Å². The molecule has 1 rings (SSSR count). The number of nitriles is 1. The van der Waals surface area contributed by atoms with Crippen LogP contribution < -0.4 is 0 Å². The first-order chi connectivity index (χ1) is 4.79. The Kier molecular flexibility index (Phi) is 2.47. The molecule has 0 aliphatic heterocycles. The van der Waals surface area contributed by atoms with Crippen molar-refractivity contribution in [2.75, 3.05) is 0 Å². The standard InChI is InChI=1S/C7H6BrNS/c1-2-5-6(8)4-10-7(5)3-9/h4H,2H2,1H3. The molecular weight excluding hydrogens is 210 g/mol. The van der Waals surface area contributed by atoms with Gasteiger partial charge >= 0.3 is 0 Å². The first kappa shape index (κ1) is 7.77. The molecule has 1 heterocycles. The smallest absolute Gasteiger partial charge is 0.110 e. The van der Waals surface area contributed by atoms with Crippen LogP contribution in [-0.4, -0.2) is 0 Å². The fourth-order valence-electron chi connectivity index (χ4n) is 0.785. The van der Waals surface area contributed by atoms with Gasteiger partial charge in [-0.25, -0.2) is 0 Å². The lowest BCUT2D eigenvalue weighted by Gasteiger charge is -1.90. The Hall–Kier alpha value is -0.330. The van der Waals surface area contributed by atoms with Crippen LogP contribution in [0.5, 0.6) is 0 Å². The Morgan fingerprint density at radius 1 is 1.80 bits per heavy atom. The van der Waals surface area contributed by atoms with Gasteiger partial charge in [0.05, 0.1) is 0 Å². The molecule has 1 aromatic heterocycles. The van der Waals surface area contributed by atoms with E-state index in [1.165, 1.54) is 11.3 Å². The summed E-state index contributed by atoms with van der Waals surface area (Å²) in [5, 5.41) is 10.6. The van der Waals surface area contributed by atoms with Crippen molar-refractivity contribution in [1.29, 1.82) is 5.26 Å². The Bertz CT molecular complexity index is 272. The summed E-state index contributed by atoms with van der Waals surface area (Å²) >= 11 is 4.87. The van der Waals surface area contributed by atoms with E-state index in [1.807, 2.05) is 12.3 Å². The number of nitrogens with zero attached hydrogens (tertiary/aromatic N) is 1. The Balaban J connectivity index is 3.16. The summed E-state index contributed by atoms with van der Waals surface area (Å²) in [6, 6.07) is 2.16. The molecule has 0 aliphatic rings. The summed E-state index contributed by atoms with van der Waals surface area (Å²) in [7, 11) is 0. The minimum absolute atomic E-state index is 0.828. The third kappa shape index (κ3) is 1.23. The summed E-state index contributed by atoms with van der Waals surface area (Å²) < 4.78 is 1.07. The quantitative estimate of drug-likeness (QED) is 0.707. The van der Waals surface area contributed by atoms with Gasteiger partial charge in [0.15, 0.2) is 0 Å². The zero-order valence-electron chi connectivity index (χ0n) is 5.52. The molecule has 1 nitrogen and oxygen atoms in total. The summed E-state index contributed by atoms with van der Waals surface area (Å²) in [6.07, 6.45) is 0.924. The topological polar surface area (TPSA) is 23.8 Å². The van der Waals surface area contributed by atoms with Gasteiger partial charge in [0, 0.05) is 9.85 Å². The van der Waals surface area contributed by atoms with Crippen molar-refractivity contribution in [3.8, 4) is 6.07 Å². The minimum Gasteiger partial charge on any atom is -0.192 e. The second-order valence-electron chi connectivity index (χ2n) is 1.86. The molecule has 0 bridgehead atoms. The van der Waals surface area contributed by atoms with E-state index in [9.17, 15) is 0 Å². The van der Waals surface area contributed by atoms with Crippen LogP contribution in [0.2, 0.25) is 0 Å². The third-order valence-corrected chi connectivity index (χ3v) is 3.24. The summed E-state index contributed by atoms with van der Waals surface area (Å²) in [5.41, 5.74) is 1.13. The van der Waals surface area contributed by atoms with E-state index in [1.54, 1.807) is 0 Å². The van der Waals surface area contributed by atoms with Gasteiger partial charge in [-0.3, -0.25) is 0 Å². The lowest BCUT2D eigenvalue weighted by atomic mass is 10.2. The second kappa shape index (κ2) is 3.18. The molecule has 10 heavy (non-hydrogen) atoms. The molecule has 0 saturated heterocycles. The molecule has 0 amide bonds. The van der Waals surface area contributed by atoms with Gasteiger partial charge in [0.25, 0.3) is 0 Å². The Morgan fingerprint density at radius 2 is 2.50 bits per heavy atom. The van der Waals surface area contributed by atoms with Crippen LogP contribution in [0.1, 0.15) is 17.4 Å². The van der Waals surface area contributed by atoms with Gasteiger partial charge in [-0.15, -0.1) is 11.3 Å². The molecule has 0 atom stereocenters. The SMILES string of the molecule is CCc1c(Br)csc1C#N. The number of rotatable bonds is 1. The van der Waals surface area contributed by atoms with E-state index in [4.69, 9.17) is 5.26 Å². The summed E-state index contributed by atoms with van der Waals surface area (Å²) in [4.78, 5) is 0.828. The third-order valence-electron chi connectivity index (χ3n) is 1.30. The van der Waals surface area contributed by atoms with Gasteiger partial charge < -0.3 is 0 Å². The highest BCUT2D eigenvalue weighted by atomic mass is 79.9. The average Bonchev–Trinajstić information content (AvgIpc) is 2.30. The summed E-state index contributed by atoms with van der Waals surface area (Å²) in [5.74, 6) is 0.